The van der Waals surface area contributed by atoms with Crippen molar-refractivity contribution in [2.75, 3.05) is 31.5 Å². The van der Waals surface area contributed by atoms with Crippen LogP contribution in [0.25, 0.3) is 0 Å². The number of hydrogen-bond donors (Lipinski definition) is 1. The molecular weight excluding hydrogens is 374 g/mol. The number of nitrogens with one attached hydrogen (secondary N) is 1. The van der Waals surface area contributed by atoms with Crippen molar-refractivity contribution in [1.82, 2.24) is 9.80 Å². The molecule has 6 heteroatoms. The normalized spacial score (nSPS) is 19.3. The SMILES string of the molecule is O=C(CN1CCc2ccccc2[C@H]1C(=O)N1CCCC1)Nc1ccc(Cl)cc1. The van der Waals surface area contributed by atoms with Gasteiger partial charge in [-0.05, 0) is 54.7 Å². The van der Waals surface area contributed by atoms with Crippen LogP contribution in [0.15, 0.2) is 48.5 Å². The van der Waals surface area contributed by atoms with E-state index >= 15 is 0 Å². The van der Waals surface area contributed by atoms with Gasteiger partial charge in [-0.15, -0.1) is 0 Å². The first-order valence-corrected chi connectivity index (χ1v) is 10.2. The maximum absolute atomic E-state index is 13.3. The average Bonchev–Trinajstić information content (AvgIpc) is 3.24. The molecule has 0 saturated carbocycles. The molecule has 2 aliphatic heterocycles. The Morgan fingerprint density at radius 1 is 1.00 bits per heavy atom. The third kappa shape index (κ3) is 4.05. The van der Waals surface area contributed by atoms with Crippen molar-refractivity contribution in [3.05, 3.63) is 64.7 Å². The van der Waals surface area contributed by atoms with Gasteiger partial charge in [0.1, 0.15) is 6.04 Å². The van der Waals surface area contributed by atoms with Crippen molar-refractivity contribution in [2.24, 2.45) is 0 Å². The van der Waals surface area contributed by atoms with Crippen molar-refractivity contribution in [3.8, 4) is 0 Å². The lowest BCUT2D eigenvalue weighted by molar-refractivity contribution is -0.137. The molecule has 1 atom stereocenters. The molecule has 146 valence electrons. The summed E-state index contributed by atoms with van der Waals surface area (Å²) in [5, 5.41) is 3.53. The topological polar surface area (TPSA) is 52.7 Å². The van der Waals surface area contributed by atoms with Gasteiger partial charge in [0.15, 0.2) is 0 Å². The van der Waals surface area contributed by atoms with Gasteiger partial charge in [-0.2, -0.15) is 0 Å². The van der Waals surface area contributed by atoms with Gasteiger partial charge in [-0.3, -0.25) is 14.5 Å². The number of halogens is 1. The third-order valence-electron chi connectivity index (χ3n) is 5.51. The number of anilines is 1. The minimum atomic E-state index is -0.390. The molecule has 0 spiro atoms. The van der Waals surface area contributed by atoms with Gasteiger partial charge in [-0.1, -0.05) is 35.9 Å². The zero-order valence-corrected chi connectivity index (χ0v) is 16.5. The van der Waals surface area contributed by atoms with Crippen molar-refractivity contribution < 1.29 is 9.59 Å². The fourth-order valence-electron chi connectivity index (χ4n) is 4.11. The molecule has 2 aromatic carbocycles. The van der Waals surface area contributed by atoms with E-state index in [0.29, 0.717) is 17.3 Å². The van der Waals surface area contributed by atoms with E-state index < -0.39 is 0 Å². The summed E-state index contributed by atoms with van der Waals surface area (Å²) >= 11 is 5.90. The van der Waals surface area contributed by atoms with Crippen LogP contribution in [0.5, 0.6) is 0 Å². The predicted molar refractivity (Wildman–Crippen MR) is 110 cm³/mol. The number of fused-ring (bicyclic) bond motifs is 1. The van der Waals surface area contributed by atoms with Crippen LogP contribution >= 0.6 is 11.6 Å². The van der Waals surface area contributed by atoms with Crippen molar-refractivity contribution >= 4 is 29.1 Å². The van der Waals surface area contributed by atoms with Gasteiger partial charge >= 0.3 is 0 Å². The number of rotatable bonds is 4. The molecule has 2 aliphatic rings. The Morgan fingerprint density at radius 3 is 2.46 bits per heavy atom. The third-order valence-corrected chi connectivity index (χ3v) is 5.76. The molecule has 0 aromatic heterocycles. The Kier molecular flexibility index (Phi) is 5.64. The summed E-state index contributed by atoms with van der Waals surface area (Å²) in [4.78, 5) is 29.9. The van der Waals surface area contributed by atoms with Crippen LogP contribution < -0.4 is 5.32 Å². The molecule has 4 rings (SSSR count). The van der Waals surface area contributed by atoms with Gasteiger partial charge in [0.2, 0.25) is 11.8 Å². The van der Waals surface area contributed by atoms with Crippen LogP contribution in [0.1, 0.15) is 30.0 Å². The standard InChI is InChI=1S/C22H24ClN3O2/c23-17-7-9-18(10-8-17)24-20(27)15-26-14-11-16-5-1-2-6-19(16)21(26)22(28)25-12-3-4-13-25/h1-2,5-10,21H,3-4,11-15H2,(H,24,27)/t21-/m0/s1. The molecule has 1 saturated heterocycles. The molecule has 0 unspecified atom stereocenters. The first kappa shape index (κ1) is 19.0. The minimum Gasteiger partial charge on any atom is -0.341 e. The summed E-state index contributed by atoms with van der Waals surface area (Å²) in [5.74, 6) is -0.00938. The molecule has 0 bridgehead atoms. The molecule has 1 N–H and O–H groups in total. The van der Waals surface area contributed by atoms with E-state index in [-0.39, 0.29) is 24.4 Å². The van der Waals surface area contributed by atoms with Gasteiger partial charge in [-0.25, -0.2) is 0 Å². The van der Waals surface area contributed by atoms with Gasteiger partial charge in [0.25, 0.3) is 0 Å². The molecule has 5 nitrogen and oxygen atoms in total. The molecule has 0 radical (unpaired) electrons. The summed E-state index contributed by atoms with van der Waals surface area (Å²) < 4.78 is 0. The number of carbonyl (C=O) groups excluding carboxylic acids is 2. The largest absolute Gasteiger partial charge is 0.341 e. The highest BCUT2D eigenvalue weighted by molar-refractivity contribution is 6.30. The van der Waals surface area contributed by atoms with Gasteiger partial charge in [0.05, 0.1) is 6.54 Å². The second-order valence-corrected chi connectivity index (χ2v) is 7.85. The van der Waals surface area contributed by atoms with E-state index in [2.05, 4.69) is 11.4 Å². The quantitative estimate of drug-likeness (QED) is 0.859. The number of nitrogens with zero attached hydrogens (tertiary/aromatic N) is 2. The van der Waals surface area contributed by atoms with Crippen LogP contribution in [0.2, 0.25) is 5.02 Å². The van der Waals surface area contributed by atoms with E-state index in [1.54, 1.807) is 24.3 Å². The molecule has 0 aliphatic carbocycles. The molecule has 1 fully saturated rings. The van der Waals surface area contributed by atoms with E-state index in [0.717, 1.165) is 37.9 Å². The number of hydrogen-bond acceptors (Lipinski definition) is 3. The first-order valence-electron chi connectivity index (χ1n) is 9.78. The molecule has 2 heterocycles. The second kappa shape index (κ2) is 8.33. The monoisotopic (exact) mass is 397 g/mol. The zero-order chi connectivity index (χ0) is 19.5. The van der Waals surface area contributed by atoms with E-state index in [1.165, 1.54) is 5.56 Å². The summed E-state index contributed by atoms with van der Waals surface area (Å²) in [6.07, 6.45) is 2.95. The maximum Gasteiger partial charge on any atom is 0.244 e. The minimum absolute atomic E-state index is 0.115. The van der Waals surface area contributed by atoms with E-state index in [9.17, 15) is 9.59 Å². The van der Waals surface area contributed by atoms with Crippen molar-refractivity contribution in [2.45, 2.75) is 25.3 Å². The second-order valence-electron chi connectivity index (χ2n) is 7.41. The summed E-state index contributed by atoms with van der Waals surface area (Å²) in [6, 6.07) is 14.7. The molecule has 2 aromatic rings. The Labute approximate surface area is 170 Å². The van der Waals surface area contributed by atoms with Crippen LogP contribution in [0.3, 0.4) is 0 Å². The smallest absolute Gasteiger partial charge is 0.244 e. The number of amides is 2. The van der Waals surface area contributed by atoms with Crippen LogP contribution in [-0.2, 0) is 16.0 Å². The van der Waals surface area contributed by atoms with Crippen LogP contribution in [-0.4, -0.2) is 47.8 Å². The number of likely N-dealkylation sites (tertiary alicyclic amines) is 1. The zero-order valence-electron chi connectivity index (χ0n) is 15.7. The first-order chi connectivity index (χ1) is 13.6. The van der Waals surface area contributed by atoms with Gasteiger partial charge in [0, 0.05) is 30.3 Å². The fraction of sp³-hybridized carbons (Fsp3) is 0.364. The van der Waals surface area contributed by atoms with E-state index in [1.807, 2.05) is 28.0 Å². The van der Waals surface area contributed by atoms with Crippen LogP contribution in [0.4, 0.5) is 5.69 Å². The van der Waals surface area contributed by atoms with Crippen molar-refractivity contribution in [1.29, 1.82) is 0 Å². The predicted octanol–water partition coefficient (Wildman–Crippen LogP) is 3.50. The highest BCUT2D eigenvalue weighted by atomic mass is 35.5. The summed E-state index contributed by atoms with van der Waals surface area (Å²) in [7, 11) is 0. The lowest BCUT2D eigenvalue weighted by Crippen LogP contribution is -2.47. The average molecular weight is 398 g/mol. The maximum atomic E-state index is 13.3. The Hall–Kier alpha value is -2.37. The molecule has 2 amide bonds. The molecule has 28 heavy (non-hydrogen) atoms. The van der Waals surface area contributed by atoms with Crippen molar-refractivity contribution in [3.63, 3.8) is 0 Å². The number of carbonyl (C=O) groups is 2. The van der Waals surface area contributed by atoms with E-state index in [4.69, 9.17) is 11.6 Å². The highest BCUT2D eigenvalue weighted by Crippen LogP contribution is 2.32. The van der Waals surface area contributed by atoms with Crippen LogP contribution in [0, 0.1) is 0 Å². The lowest BCUT2D eigenvalue weighted by Gasteiger charge is -2.37. The summed E-state index contributed by atoms with van der Waals surface area (Å²) in [5.41, 5.74) is 2.94. The Morgan fingerprint density at radius 2 is 1.71 bits per heavy atom. The van der Waals surface area contributed by atoms with Gasteiger partial charge < -0.3 is 10.2 Å². The number of benzene rings is 2. The Balaban J connectivity index is 1.53. The lowest BCUT2D eigenvalue weighted by atomic mass is 9.91. The molecular formula is C22H24ClN3O2. The highest BCUT2D eigenvalue weighted by Gasteiger charge is 2.37. The summed E-state index contributed by atoms with van der Waals surface area (Å²) in [6.45, 7) is 2.49. The Bertz CT molecular complexity index is 862. The fourth-order valence-corrected chi connectivity index (χ4v) is 4.23.